The number of amides is 1. The van der Waals surface area contributed by atoms with Crippen LogP contribution in [0, 0.1) is 17.1 Å². The number of pyridine rings is 1. The van der Waals surface area contributed by atoms with Gasteiger partial charge in [-0.05, 0) is 39.7 Å². The standard InChI is InChI=1S/C30H32FN9O6S/c1-29(2,3)46-28(42)38(4)26-23-15(20(12-33)36-37-27(23)41)9-19(35-26)17-13-34-39(5)24(17)22-16(11-32)25-21(10-18(22)31)40(47(6,43)44)14-30(45-25)7-8-30/h9-10,13H,7-8,12,14,33H2,1-6H3,(H,37,41)/i4D3. The highest BCUT2D eigenvalue weighted by Gasteiger charge is 2.53. The summed E-state index contributed by atoms with van der Waals surface area (Å²) in [5, 5.41) is 20.6. The van der Waals surface area contributed by atoms with Gasteiger partial charge in [0.2, 0.25) is 10.0 Å². The Bertz CT molecular complexity index is 2310. The molecule has 6 rings (SSSR count). The van der Waals surface area contributed by atoms with Crippen LogP contribution in [0.4, 0.5) is 20.7 Å². The first-order valence-corrected chi connectivity index (χ1v) is 16.2. The van der Waals surface area contributed by atoms with E-state index in [9.17, 15) is 23.3 Å². The fourth-order valence-electron chi connectivity index (χ4n) is 5.53. The van der Waals surface area contributed by atoms with Crippen molar-refractivity contribution in [2.24, 2.45) is 12.8 Å². The number of carbonyl (C=O) groups excluding carboxylic acids is 1. The summed E-state index contributed by atoms with van der Waals surface area (Å²) in [4.78, 5) is 31.4. The van der Waals surface area contributed by atoms with Gasteiger partial charge in [-0.25, -0.2) is 27.7 Å². The summed E-state index contributed by atoms with van der Waals surface area (Å²) in [6.45, 7) is 1.08. The Morgan fingerprint density at radius 3 is 2.68 bits per heavy atom. The number of nitrogens with one attached hydrogen (secondary N) is 1. The van der Waals surface area contributed by atoms with Crippen molar-refractivity contribution in [1.29, 1.82) is 5.26 Å². The van der Waals surface area contributed by atoms with Crippen molar-refractivity contribution < 1.29 is 31.2 Å². The molecule has 47 heavy (non-hydrogen) atoms. The van der Waals surface area contributed by atoms with Crippen LogP contribution in [0.25, 0.3) is 33.3 Å². The maximum absolute atomic E-state index is 16.4. The molecule has 1 aliphatic heterocycles. The Balaban J connectivity index is 1.66. The number of anilines is 2. The second kappa shape index (κ2) is 10.7. The van der Waals surface area contributed by atoms with E-state index in [4.69, 9.17) is 19.3 Å². The SMILES string of the molecule is [2H]C([2H])([2H])N(C(=O)OC(C)(C)C)c1nc(-c2cnn(C)c2-c2c(F)cc3c(c2C#N)OC2(CC2)CN3S(C)(=O)=O)cc2c(CN)n[nH]c(=O)c12. The van der Waals surface area contributed by atoms with Crippen LogP contribution in [0.15, 0.2) is 23.1 Å². The average molecular weight is 669 g/mol. The maximum Gasteiger partial charge on any atom is 0.415 e. The van der Waals surface area contributed by atoms with Gasteiger partial charge in [-0.3, -0.25) is 18.7 Å². The summed E-state index contributed by atoms with van der Waals surface area (Å²) < 4.78 is 80.5. The third kappa shape index (κ3) is 5.42. The summed E-state index contributed by atoms with van der Waals surface area (Å²) in [7, 11) is -2.44. The average Bonchev–Trinajstić information content (AvgIpc) is 3.63. The number of rotatable bonds is 5. The number of benzene rings is 1. The number of fused-ring (bicyclic) bond motifs is 2. The minimum atomic E-state index is -3.90. The molecule has 3 N–H and O–H groups in total. The number of aromatic nitrogens is 5. The summed E-state index contributed by atoms with van der Waals surface area (Å²) in [6, 6.07) is 4.30. The largest absolute Gasteiger partial charge is 0.482 e. The van der Waals surface area contributed by atoms with Crippen molar-refractivity contribution in [2.75, 3.05) is 29.0 Å². The van der Waals surface area contributed by atoms with Crippen molar-refractivity contribution in [2.45, 2.75) is 51.4 Å². The van der Waals surface area contributed by atoms with E-state index in [0.717, 1.165) is 16.6 Å². The molecule has 17 heteroatoms. The maximum atomic E-state index is 16.4. The Hall–Kier alpha value is -5.08. The van der Waals surface area contributed by atoms with Crippen LogP contribution in [0.1, 0.15) is 49.0 Å². The fraction of sp³-hybridized carbons (Fsp3) is 0.400. The number of halogens is 1. The summed E-state index contributed by atoms with van der Waals surface area (Å²) in [5.74, 6) is -1.75. The van der Waals surface area contributed by atoms with Crippen LogP contribution in [-0.4, -0.2) is 70.5 Å². The number of hydrogen-bond acceptors (Lipinski definition) is 11. The highest BCUT2D eigenvalue weighted by molar-refractivity contribution is 7.92. The van der Waals surface area contributed by atoms with Crippen LogP contribution in [-0.2, 0) is 28.4 Å². The van der Waals surface area contributed by atoms with Gasteiger partial charge in [-0.15, -0.1) is 0 Å². The molecule has 1 aromatic carbocycles. The molecular weight excluding hydrogens is 633 g/mol. The van der Waals surface area contributed by atoms with Crippen molar-refractivity contribution >= 4 is 38.4 Å². The second-order valence-electron chi connectivity index (χ2n) is 12.4. The third-order valence-electron chi connectivity index (χ3n) is 7.81. The van der Waals surface area contributed by atoms with E-state index in [2.05, 4.69) is 20.3 Å². The molecule has 2 aliphatic rings. The number of nitriles is 1. The molecule has 0 radical (unpaired) electrons. The zero-order chi connectivity index (χ0) is 36.7. The molecule has 15 nitrogen and oxygen atoms in total. The highest BCUT2D eigenvalue weighted by atomic mass is 32.2. The van der Waals surface area contributed by atoms with Crippen LogP contribution in [0.5, 0.6) is 5.75 Å². The zero-order valence-corrected chi connectivity index (χ0v) is 26.8. The Morgan fingerprint density at radius 2 is 2.09 bits per heavy atom. The normalized spacial score (nSPS) is 16.5. The lowest BCUT2D eigenvalue weighted by Crippen LogP contribution is -2.45. The van der Waals surface area contributed by atoms with Crippen LogP contribution < -0.4 is 25.2 Å². The molecule has 4 aromatic rings. The van der Waals surface area contributed by atoms with Gasteiger partial charge in [0.05, 0.1) is 52.7 Å². The van der Waals surface area contributed by atoms with Gasteiger partial charge >= 0.3 is 6.09 Å². The van der Waals surface area contributed by atoms with Gasteiger partial charge < -0.3 is 15.2 Å². The molecule has 246 valence electrons. The molecule has 1 amide bonds. The van der Waals surface area contributed by atoms with Crippen LogP contribution in [0.2, 0.25) is 0 Å². The summed E-state index contributed by atoms with van der Waals surface area (Å²) >= 11 is 0. The Labute approximate surface area is 273 Å². The molecule has 3 aromatic heterocycles. The monoisotopic (exact) mass is 668 g/mol. The van der Waals surface area contributed by atoms with Gasteiger partial charge in [0, 0.05) is 41.7 Å². The lowest BCUT2D eigenvalue weighted by Gasteiger charge is -2.36. The number of carbonyl (C=O) groups is 1. The number of aromatic amines is 1. The van der Waals surface area contributed by atoms with Crippen LogP contribution >= 0.6 is 0 Å². The first-order valence-electron chi connectivity index (χ1n) is 15.8. The fourth-order valence-corrected chi connectivity index (χ4v) is 6.49. The van der Waals surface area contributed by atoms with Crippen molar-refractivity contribution in [3.8, 4) is 34.3 Å². The molecule has 0 saturated heterocycles. The van der Waals surface area contributed by atoms with Gasteiger partial charge in [-0.1, -0.05) is 0 Å². The Morgan fingerprint density at radius 1 is 1.36 bits per heavy atom. The van der Waals surface area contributed by atoms with E-state index < -0.39 is 51.5 Å². The smallest absolute Gasteiger partial charge is 0.415 e. The first kappa shape index (κ1) is 28.2. The van der Waals surface area contributed by atoms with Crippen molar-refractivity contribution in [3.63, 3.8) is 0 Å². The number of aryl methyl sites for hydroxylation is 1. The number of nitrogens with zero attached hydrogens (tertiary/aromatic N) is 7. The van der Waals surface area contributed by atoms with Gasteiger partial charge in [0.1, 0.15) is 28.7 Å². The first-order chi connectivity index (χ1) is 23.2. The molecule has 1 fully saturated rings. The topological polar surface area (TPSA) is 202 Å². The number of hydrogen-bond donors (Lipinski definition) is 2. The van der Waals surface area contributed by atoms with E-state index >= 15 is 4.39 Å². The molecule has 0 bridgehead atoms. The highest BCUT2D eigenvalue weighted by Crippen LogP contribution is 2.53. The summed E-state index contributed by atoms with van der Waals surface area (Å²) in [5.41, 5.74) is 2.29. The predicted molar refractivity (Wildman–Crippen MR) is 170 cm³/mol. The van der Waals surface area contributed by atoms with Crippen molar-refractivity contribution in [3.05, 3.63) is 45.8 Å². The van der Waals surface area contributed by atoms with Crippen LogP contribution in [0.3, 0.4) is 0 Å². The van der Waals surface area contributed by atoms with Gasteiger partial charge in [0.25, 0.3) is 5.56 Å². The number of ether oxygens (including phenoxy) is 2. The second-order valence-corrected chi connectivity index (χ2v) is 14.3. The van der Waals surface area contributed by atoms with Gasteiger partial charge in [-0.2, -0.15) is 15.5 Å². The quantitative estimate of drug-likeness (QED) is 0.317. The molecule has 4 heterocycles. The molecule has 0 unspecified atom stereocenters. The van der Waals surface area contributed by atoms with E-state index in [1.165, 1.54) is 44.8 Å². The summed E-state index contributed by atoms with van der Waals surface area (Å²) in [6.07, 6.45) is 1.95. The third-order valence-corrected chi connectivity index (χ3v) is 8.94. The minimum absolute atomic E-state index is 0.0260. The van der Waals surface area contributed by atoms with E-state index in [1.807, 2.05) is 6.07 Å². The van der Waals surface area contributed by atoms with E-state index in [1.54, 1.807) is 0 Å². The number of sulfonamides is 1. The zero-order valence-electron chi connectivity index (χ0n) is 29.0. The number of H-pyrrole nitrogens is 1. The van der Waals surface area contributed by atoms with E-state index in [-0.39, 0.29) is 74.0 Å². The molecule has 1 saturated carbocycles. The van der Waals surface area contributed by atoms with E-state index in [0.29, 0.717) is 12.8 Å². The molecule has 0 atom stereocenters. The molecular formula is C30H32FN9O6S. The van der Waals surface area contributed by atoms with Crippen molar-refractivity contribution in [1.82, 2.24) is 25.0 Å². The van der Waals surface area contributed by atoms with Gasteiger partial charge in [0.15, 0.2) is 11.6 Å². The Kier molecular flexibility index (Phi) is 6.44. The predicted octanol–water partition coefficient (Wildman–Crippen LogP) is 2.92. The minimum Gasteiger partial charge on any atom is -0.482 e. The lowest BCUT2D eigenvalue weighted by atomic mass is 9.96. The lowest BCUT2D eigenvalue weighted by molar-refractivity contribution is 0.0588. The molecule has 1 spiro atoms. The molecule has 1 aliphatic carbocycles. The number of nitrogens with two attached hydrogens (primary N) is 1.